The van der Waals surface area contributed by atoms with Crippen LogP contribution in [0, 0.1) is 0 Å². The minimum Gasteiger partial charge on any atom is -0.277 e. The number of anilines is 1. The number of hydrogen-bond donors (Lipinski definition) is 0. The third-order valence-corrected chi connectivity index (χ3v) is 5.78. The predicted molar refractivity (Wildman–Crippen MR) is 99.1 cm³/mol. The quantitative estimate of drug-likeness (QED) is 0.512. The standard InChI is InChI=1S/C19H20ClNOS/c1-3-11-23-18-12-13(9-10-16(18)20)21-17(4-2)14-7-5-6-8-15(14)19(21)22/h3-4,9-10,12H,1,5-8,11H2,2H3. The Hall–Kier alpha value is -1.45. The van der Waals surface area contributed by atoms with Crippen molar-refractivity contribution in [1.29, 1.82) is 0 Å². The van der Waals surface area contributed by atoms with Gasteiger partial charge in [-0.2, -0.15) is 0 Å². The third-order valence-electron chi connectivity index (χ3n) is 4.28. The average molecular weight is 346 g/mol. The monoisotopic (exact) mass is 345 g/mol. The van der Waals surface area contributed by atoms with Crippen LogP contribution in [-0.2, 0) is 4.79 Å². The van der Waals surface area contributed by atoms with Crippen LogP contribution in [0.5, 0.6) is 0 Å². The highest BCUT2D eigenvalue weighted by atomic mass is 35.5. The highest BCUT2D eigenvalue weighted by molar-refractivity contribution is 7.99. The molecule has 0 saturated carbocycles. The van der Waals surface area contributed by atoms with Crippen molar-refractivity contribution in [1.82, 2.24) is 0 Å². The van der Waals surface area contributed by atoms with Crippen molar-refractivity contribution in [3.05, 3.63) is 58.8 Å². The predicted octanol–water partition coefficient (Wildman–Crippen LogP) is 5.74. The normalized spacial score (nSPS) is 19.5. The lowest BCUT2D eigenvalue weighted by Gasteiger charge is -2.21. The maximum Gasteiger partial charge on any atom is 0.259 e. The molecule has 1 aromatic rings. The van der Waals surface area contributed by atoms with Crippen LogP contribution in [0.3, 0.4) is 0 Å². The fraction of sp³-hybridized carbons (Fsp3) is 0.316. The van der Waals surface area contributed by atoms with E-state index in [2.05, 4.69) is 12.7 Å². The first-order chi connectivity index (χ1) is 11.2. The average Bonchev–Trinajstić information content (AvgIpc) is 2.87. The fourth-order valence-electron chi connectivity index (χ4n) is 3.25. The summed E-state index contributed by atoms with van der Waals surface area (Å²) in [6.45, 7) is 5.75. The molecule has 0 atom stereocenters. The van der Waals surface area contributed by atoms with Crippen LogP contribution in [0.2, 0.25) is 5.02 Å². The second-order valence-electron chi connectivity index (χ2n) is 5.69. The molecule has 3 rings (SSSR count). The van der Waals surface area contributed by atoms with Crippen LogP contribution in [0.15, 0.2) is 58.7 Å². The van der Waals surface area contributed by atoms with E-state index in [1.165, 1.54) is 12.0 Å². The zero-order valence-electron chi connectivity index (χ0n) is 13.3. The molecule has 0 unspecified atom stereocenters. The summed E-state index contributed by atoms with van der Waals surface area (Å²) >= 11 is 7.92. The summed E-state index contributed by atoms with van der Waals surface area (Å²) in [4.78, 5) is 15.7. The SMILES string of the molecule is C=CCSc1cc(N2C(=O)C3=C(CCCC3)C2=CC)ccc1Cl. The van der Waals surface area contributed by atoms with Gasteiger partial charge in [0.1, 0.15) is 0 Å². The molecule has 0 saturated heterocycles. The van der Waals surface area contributed by atoms with Gasteiger partial charge in [-0.15, -0.1) is 18.3 Å². The molecule has 1 aliphatic heterocycles. The Bertz CT molecular complexity index is 720. The molecule has 0 N–H and O–H groups in total. The van der Waals surface area contributed by atoms with Crippen molar-refractivity contribution in [2.24, 2.45) is 0 Å². The molecule has 1 amide bonds. The first-order valence-corrected chi connectivity index (χ1v) is 9.30. The third kappa shape index (κ3) is 3.00. The maximum atomic E-state index is 12.9. The minimum atomic E-state index is 0.134. The van der Waals surface area contributed by atoms with Gasteiger partial charge in [0.05, 0.1) is 10.7 Å². The van der Waals surface area contributed by atoms with Crippen LogP contribution in [0.25, 0.3) is 0 Å². The number of amides is 1. The second-order valence-corrected chi connectivity index (χ2v) is 7.16. The van der Waals surface area contributed by atoms with E-state index in [1.54, 1.807) is 11.8 Å². The Kier molecular flexibility index (Phi) is 4.98. The molecule has 0 bridgehead atoms. The number of allylic oxidation sites excluding steroid dienone is 2. The number of halogens is 1. The molecular weight excluding hydrogens is 326 g/mol. The Morgan fingerprint density at radius 1 is 1.30 bits per heavy atom. The number of hydrogen-bond acceptors (Lipinski definition) is 2. The van der Waals surface area contributed by atoms with Crippen LogP contribution < -0.4 is 4.90 Å². The molecule has 2 aliphatic rings. The Balaban J connectivity index is 1.98. The van der Waals surface area contributed by atoms with E-state index in [-0.39, 0.29) is 5.91 Å². The lowest BCUT2D eigenvalue weighted by molar-refractivity contribution is -0.114. The van der Waals surface area contributed by atoms with E-state index in [0.717, 1.165) is 46.9 Å². The van der Waals surface area contributed by atoms with E-state index in [1.807, 2.05) is 36.1 Å². The summed E-state index contributed by atoms with van der Waals surface area (Å²) in [7, 11) is 0. The number of carbonyl (C=O) groups is 1. The van der Waals surface area contributed by atoms with Gasteiger partial charge in [0.2, 0.25) is 0 Å². The summed E-state index contributed by atoms with van der Waals surface area (Å²) in [5, 5.41) is 0.715. The Labute approximate surface area is 146 Å². The molecule has 1 aromatic carbocycles. The van der Waals surface area contributed by atoms with Gasteiger partial charge in [-0.05, 0) is 56.4 Å². The molecule has 1 heterocycles. The van der Waals surface area contributed by atoms with Gasteiger partial charge in [0, 0.05) is 21.9 Å². The fourth-order valence-corrected chi connectivity index (χ4v) is 4.24. The number of carbonyl (C=O) groups excluding carboxylic acids is 1. The molecule has 0 radical (unpaired) electrons. The van der Waals surface area contributed by atoms with Crippen LogP contribution in [0.4, 0.5) is 5.69 Å². The second kappa shape index (κ2) is 6.98. The van der Waals surface area contributed by atoms with Gasteiger partial charge in [0.25, 0.3) is 5.91 Å². The molecule has 2 nitrogen and oxygen atoms in total. The van der Waals surface area contributed by atoms with Crippen molar-refractivity contribution in [3.63, 3.8) is 0 Å². The number of rotatable bonds is 4. The number of thioether (sulfide) groups is 1. The van der Waals surface area contributed by atoms with E-state index in [0.29, 0.717) is 5.02 Å². The summed E-state index contributed by atoms with van der Waals surface area (Å²) in [5.41, 5.74) is 4.18. The first-order valence-electron chi connectivity index (χ1n) is 7.93. The van der Waals surface area contributed by atoms with E-state index in [4.69, 9.17) is 11.6 Å². The molecule has 0 fully saturated rings. The van der Waals surface area contributed by atoms with Crippen molar-refractivity contribution in [3.8, 4) is 0 Å². The zero-order chi connectivity index (χ0) is 16.4. The molecule has 0 spiro atoms. The maximum absolute atomic E-state index is 12.9. The van der Waals surface area contributed by atoms with Crippen molar-refractivity contribution < 1.29 is 4.79 Å². The van der Waals surface area contributed by atoms with E-state index < -0.39 is 0 Å². The number of benzene rings is 1. The summed E-state index contributed by atoms with van der Waals surface area (Å²) in [6.07, 6.45) is 8.08. The molecule has 23 heavy (non-hydrogen) atoms. The molecule has 0 aromatic heterocycles. The van der Waals surface area contributed by atoms with E-state index >= 15 is 0 Å². The minimum absolute atomic E-state index is 0.134. The van der Waals surface area contributed by atoms with Crippen LogP contribution >= 0.6 is 23.4 Å². The highest BCUT2D eigenvalue weighted by Crippen LogP contribution is 2.42. The number of nitrogens with zero attached hydrogens (tertiary/aromatic N) is 1. The molecule has 4 heteroatoms. The zero-order valence-corrected chi connectivity index (χ0v) is 14.8. The van der Waals surface area contributed by atoms with Crippen molar-refractivity contribution in [2.75, 3.05) is 10.7 Å². The van der Waals surface area contributed by atoms with Crippen LogP contribution in [-0.4, -0.2) is 11.7 Å². The first kappa shape index (κ1) is 16.4. The summed E-state index contributed by atoms with van der Waals surface area (Å²) in [6, 6.07) is 5.82. The van der Waals surface area contributed by atoms with Crippen LogP contribution in [0.1, 0.15) is 32.6 Å². The molecule has 1 aliphatic carbocycles. The molecular formula is C19H20ClNOS. The Morgan fingerprint density at radius 3 is 2.74 bits per heavy atom. The smallest absolute Gasteiger partial charge is 0.259 e. The van der Waals surface area contributed by atoms with Gasteiger partial charge in [-0.3, -0.25) is 9.69 Å². The lowest BCUT2D eigenvalue weighted by atomic mass is 9.92. The van der Waals surface area contributed by atoms with Crippen molar-refractivity contribution >= 4 is 35.0 Å². The van der Waals surface area contributed by atoms with Gasteiger partial charge in [-0.25, -0.2) is 0 Å². The summed E-state index contributed by atoms with van der Waals surface area (Å²) in [5.74, 6) is 0.928. The Morgan fingerprint density at radius 2 is 2.04 bits per heavy atom. The van der Waals surface area contributed by atoms with Gasteiger partial charge >= 0.3 is 0 Å². The highest BCUT2D eigenvalue weighted by Gasteiger charge is 2.36. The van der Waals surface area contributed by atoms with Crippen molar-refractivity contribution in [2.45, 2.75) is 37.5 Å². The lowest BCUT2D eigenvalue weighted by Crippen LogP contribution is -2.25. The van der Waals surface area contributed by atoms with Gasteiger partial charge in [-0.1, -0.05) is 23.8 Å². The largest absolute Gasteiger partial charge is 0.277 e. The van der Waals surface area contributed by atoms with Gasteiger partial charge < -0.3 is 0 Å². The topological polar surface area (TPSA) is 20.3 Å². The van der Waals surface area contributed by atoms with E-state index in [9.17, 15) is 4.79 Å². The van der Waals surface area contributed by atoms with Gasteiger partial charge in [0.15, 0.2) is 0 Å². The molecule has 120 valence electrons. The summed E-state index contributed by atoms with van der Waals surface area (Å²) < 4.78 is 0.